The van der Waals surface area contributed by atoms with Crippen LogP contribution in [-0.4, -0.2) is 61.4 Å². The maximum Gasteiger partial charge on any atom is 0.254 e. The fourth-order valence-electron chi connectivity index (χ4n) is 2.88. The van der Waals surface area contributed by atoms with Crippen LogP contribution in [-0.2, 0) is 9.47 Å². The first-order chi connectivity index (χ1) is 11.2. The lowest BCUT2D eigenvalue weighted by Gasteiger charge is -2.27. The molecule has 0 bridgehead atoms. The summed E-state index contributed by atoms with van der Waals surface area (Å²) in [6.07, 6.45) is 5.16. The third-order valence-electron chi connectivity index (χ3n) is 4.23. The average Bonchev–Trinajstić information content (AvgIpc) is 2.61. The van der Waals surface area contributed by atoms with Crippen molar-refractivity contribution in [2.45, 2.75) is 32.3 Å². The van der Waals surface area contributed by atoms with Gasteiger partial charge in [-0.2, -0.15) is 0 Å². The van der Waals surface area contributed by atoms with Crippen molar-refractivity contribution < 1.29 is 14.3 Å². The van der Waals surface area contributed by atoms with E-state index in [4.69, 9.17) is 9.47 Å². The molecule has 126 valence electrons. The molecule has 0 spiro atoms. The van der Waals surface area contributed by atoms with E-state index in [2.05, 4.69) is 20.2 Å². The van der Waals surface area contributed by atoms with Gasteiger partial charge >= 0.3 is 0 Å². The molecule has 2 aliphatic heterocycles. The number of nitrogens with zero attached hydrogens (tertiary/aromatic N) is 3. The van der Waals surface area contributed by atoms with Crippen LogP contribution < -0.4 is 10.2 Å². The highest BCUT2D eigenvalue weighted by atomic mass is 16.6. The Bertz CT molecular complexity index is 540. The Kier molecular flexibility index (Phi) is 5.40. The molecule has 1 aromatic heterocycles. The molecule has 1 aromatic rings. The van der Waals surface area contributed by atoms with Crippen LogP contribution in [0.3, 0.4) is 0 Å². The van der Waals surface area contributed by atoms with Crippen LogP contribution in [0, 0.1) is 6.92 Å². The van der Waals surface area contributed by atoms with Crippen LogP contribution >= 0.6 is 0 Å². The first-order valence-corrected chi connectivity index (χ1v) is 8.30. The van der Waals surface area contributed by atoms with Gasteiger partial charge in [0.15, 0.2) is 0 Å². The second kappa shape index (κ2) is 7.70. The summed E-state index contributed by atoms with van der Waals surface area (Å²) in [6, 6.07) is 0. The van der Waals surface area contributed by atoms with Gasteiger partial charge in [0, 0.05) is 25.8 Å². The molecule has 2 aliphatic rings. The lowest BCUT2D eigenvalue weighted by atomic mass is 10.1. The molecule has 3 rings (SSSR count). The van der Waals surface area contributed by atoms with E-state index in [1.165, 1.54) is 19.3 Å². The minimum atomic E-state index is -0.165. The number of hydrogen-bond donors (Lipinski definition) is 1. The van der Waals surface area contributed by atoms with Crippen LogP contribution in [0.2, 0.25) is 0 Å². The predicted octanol–water partition coefficient (Wildman–Crippen LogP) is 0.921. The Morgan fingerprint density at radius 1 is 1.35 bits per heavy atom. The molecule has 2 saturated heterocycles. The fourth-order valence-corrected chi connectivity index (χ4v) is 2.88. The maximum absolute atomic E-state index is 12.3. The van der Waals surface area contributed by atoms with Gasteiger partial charge in [-0.25, -0.2) is 9.97 Å². The van der Waals surface area contributed by atoms with Gasteiger partial charge in [-0.1, -0.05) is 0 Å². The van der Waals surface area contributed by atoms with Crippen LogP contribution in [0.15, 0.2) is 6.20 Å². The van der Waals surface area contributed by atoms with Crippen molar-refractivity contribution >= 4 is 11.9 Å². The van der Waals surface area contributed by atoms with Gasteiger partial charge in [0.05, 0.1) is 37.2 Å². The van der Waals surface area contributed by atoms with E-state index in [1.54, 1.807) is 6.20 Å². The summed E-state index contributed by atoms with van der Waals surface area (Å²) in [7, 11) is 0. The molecular formula is C16H24N4O3. The molecule has 0 aromatic carbocycles. The van der Waals surface area contributed by atoms with Crippen LogP contribution in [0.1, 0.15) is 35.3 Å². The number of anilines is 1. The number of carbonyl (C=O) groups is 1. The number of aryl methyl sites for hydroxylation is 1. The number of piperidine rings is 1. The second-order valence-corrected chi connectivity index (χ2v) is 5.99. The molecule has 0 aliphatic carbocycles. The van der Waals surface area contributed by atoms with E-state index in [0.717, 1.165) is 19.0 Å². The molecule has 7 nitrogen and oxygen atoms in total. The summed E-state index contributed by atoms with van der Waals surface area (Å²) in [4.78, 5) is 23.4. The van der Waals surface area contributed by atoms with E-state index in [-0.39, 0.29) is 12.0 Å². The normalized spacial score (nSPS) is 22.0. The molecule has 1 atom stereocenters. The molecule has 1 amide bonds. The van der Waals surface area contributed by atoms with E-state index in [0.29, 0.717) is 37.6 Å². The molecular weight excluding hydrogens is 296 g/mol. The molecule has 2 fully saturated rings. The molecule has 7 heteroatoms. The van der Waals surface area contributed by atoms with E-state index in [9.17, 15) is 4.79 Å². The number of hydrogen-bond acceptors (Lipinski definition) is 6. The zero-order valence-corrected chi connectivity index (χ0v) is 13.6. The Morgan fingerprint density at radius 3 is 2.87 bits per heavy atom. The van der Waals surface area contributed by atoms with Gasteiger partial charge in [-0.05, 0) is 26.2 Å². The van der Waals surface area contributed by atoms with Crippen molar-refractivity contribution in [1.82, 2.24) is 15.3 Å². The van der Waals surface area contributed by atoms with Crippen molar-refractivity contribution in [1.29, 1.82) is 0 Å². The van der Waals surface area contributed by atoms with Gasteiger partial charge in [0.1, 0.15) is 0 Å². The Morgan fingerprint density at radius 2 is 2.17 bits per heavy atom. The average molecular weight is 320 g/mol. The smallest absolute Gasteiger partial charge is 0.254 e. The fraction of sp³-hybridized carbons (Fsp3) is 0.688. The minimum absolute atomic E-state index is 0.0819. The summed E-state index contributed by atoms with van der Waals surface area (Å²) in [6.45, 7) is 5.98. The van der Waals surface area contributed by atoms with Gasteiger partial charge in [0.25, 0.3) is 5.91 Å². The van der Waals surface area contributed by atoms with Gasteiger partial charge in [-0.3, -0.25) is 4.79 Å². The second-order valence-electron chi connectivity index (χ2n) is 5.99. The van der Waals surface area contributed by atoms with Crippen molar-refractivity contribution in [3.05, 3.63) is 17.5 Å². The number of carbonyl (C=O) groups excluding carboxylic acids is 1. The number of aromatic nitrogens is 2. The third-order valence-corrected chi connectivity index (χ3v) is 4.23. The number of nitrogens with one attached hydrogen (secondary N) is 1. The molecule has 1 N–H and O–H groups in total. The first kappa shape index (κ1) is 16.1. The summed E-state index contributed by atoms with van der Waals surface area (Å²) in [5, 5.41) is 2.87. The van der Waals surface area contributed by atoms with E-state index < -0.39 is 0 Å². The van der Waals surface area contributed by atoms with E-state index in [1.807, 2.05) is 6.92 Å². The Labute approximate surface area is 136 Å². The highest BCUT2D eigenvalue weighted by Crippen LogP contribution is 2.16. The Hall–Kier alpha value is -1.73. The maximum atomic E-state index is 12.3. The van der Waals surface area contributed by atoms with Gasteiger partial charge in [0.2, 0.25) is 5.95 Å². The first-order valence-electron chi connectivity index (χ1n) is 8.30. The van der Waals surface area contributed by atoms with Gasteiger partial charge < -0.3 is 19.7 Å². The Balaban J connectivity index is 1.59. The largest absolute Gasteiger partial charge is 0.376 e. The SMILES string of the molecule is Cc1nc(N2CCCCC2)ncc1C(=O)NC[C@@H]1COCCO1. The number of rotatable bonds is 4. The van der Waals surface area contributed by atoms with Crippen LogP contribution in [0.4, 0.5) is 5.95 Å². The zero-order chi connectivity index (χ0) is 16.1. The van der Waals surface area contributed by atoms with Crippen molar-refractivity contribution in [3.8, 4) is 0 Å². The zero-order valence-electron chi connectivity index (χ0n) is 13.6. The molecule has 0 radical (unpaired) electrons. The standard InChI is InChI=1S/C16H24N4O3/c1-12-14(15(21)17-9-13-11-22-7-8-23-13)10-18-16(19-12)20-5-3-2-4-6-20/h10,13H,2-9,11H2,1H3,(H,17,21)/t13-/m1/s1. The quantitative estimate of drug-likeness (QED) is 0.889. The molecule has 0 unspecified atom stereocenters. The lowest BCUT2D eigenvalue weighted by molar-refractivity contribution is -0.0855. The lowest BCUT2D eigenvalue weighted by Crippen LogP contribution is -2.40. The monoisotopic (exact) mass is 320 g/mol. The summed E-state index contributed by atoms with van der Waals surface area (Å²) in [5.74, 6) is 0.560. The predicted molar refractivity (Wildman–Crippen MR) is 85.7 cm³/mol. The molecule has 3 heterocycles. The molecule has 0 saturated carbocycles. The van der Waals surface area contributed by atoms with E-state index >= 15 is 0 Å². The summed E-state index contributed by atoms with van der Waals surface area (Å²) in [5.41, 5.74) is 1.22. The topological polar surface area (TPSA) is 76.6 Å². The van der Waals surface area contributed by atoms with Crippen molar-refractivity contribution in [2.24, 2.45) is 0 Å². The highest BCUT2D eigenvalue weighted by Gasteiger charge is 2.19. The van der Waals surface area contributed by atoms with Crippen molar-refractivity contribution in [3.63, 3.8) is 0 Å². The summed E-state index contributed by atoms with van der Waals surface area (Å²) >= 11 is 0. The summed E-state index contributed by atoms with van der Waals surface area (Å²) < 4.78 is 10.8. The van der Waals surface area contributed by atoms with Crippen LogP contribution in [0.5, 0.6) is 0 Å². The van der Waals surface area contributed by atoms with Crippen LogP contribution in [0.25, 0.3) is 0 Å². The highest BCUT2D eigenvalue weighted by molar-refractivity contribution is 5.95. The third kappa shape index (κ3) is 4.17. The van der Waals surface area contributed by atoms with Gasteiger partial charge in [-0.15, -0.1) is 0 Å². The number of amides is 1. The minimum Gasteiger partial charge on any atom is -0.376 e. The number of ether oxygens (including phenoxy) is 2. The molecule has 23 heavy (non-hydrogen) atoms. The van der Waals surface area contributed by atoms with Crippen molar-refractivity contribution in [2.75, 3.05) is 44.4 Å².